The number of benzene rings is 2. The van der Waals surface area contributed by atoms with Gasteiger partial charge in [-0.15, -0.1) is 5.10 Å². The average Bonchev–Trinajstić information content (AvgIpc) is 3.50. The van der Waals surface area contributed by atoms with Crippen molar-refractivity contribution in [3.8, 4) is 28.8 Å². The summed E-state index contributed by atoms with van der Waals surface area (Å²) in [7, 11) is 0. The number of fused-ring (bicyclic) bond motifs is 4. The molecule has 0 saturated carbocycles. The molecule has 0 spiro atoms. The van der Waals surface area contributed by atoms with E-state index in [0.29, 0.717) is 23.2 Å². The molecule has 8 heteroatoms. The highest BCUT2D eigenvalue weighted by Crippen LogP contribution is 2.49. The van der Waals surface area contributed by atoms with Gasteiger partial charge in [0, 0.05) is 18.0 Å². The molecule has 36 heavy (non-hydrogen) atoms. The lowest BCUT2D eigenvalue weighted by Crippen LogP contribution is -2.16. The number of aromatic nitrogens is 7. The maximum atomic E-state index is 6.46. The molecule has 4 aromatic heterocycles. The van der Waals surface area contributed by atoms with Crippen molar-refractivity contribution in [3.05, 3.63) is 113 Å². The Morgan fingerprint density at radius 1 is 0.861 bits per heavy atom. The van der Waals surface area contributed by atoms with Gasteiger partial charge in [-0.05, 0) is 37.6 Å². The van der Waals surface area contributed by atoms with Gasteiger partial charge in [-0.25, -0.2) is 19.2 Å². The molecule has 0 N–H and O–H groups in total. The minimum Gasteiger partial charge on any atom is -0.420 e. The Morgan fingerprint density at radius 2 is 1.69 bits per heavy atom. The Balaban J connectivity index is 1.48. The van der Waals surface area contributed by atoms with E-state index in [1.165, 1.54) is 5.56 Å². The molecule has 0 bridgehead atoms. The third kappa shape index (κ3) is 3.11. The van der Waals surface area contributed by atoms with Crippen LogP contribution in [-0.2, 0) is 0 Å². The highest BCUT2D eigenvalue weighted by molar-refractivity contribution is 5.68. The second-order valence-electron chi connectivity index (χ2n) is 8.91. The summed E-state index contributed by atoms with van der Waals surface area (Å²) in [6.45, 7) is 4.07. The lowest BCUT2D eigenvalue weighted by atomic mass is 9.85. The first-order valence-electron chi connectivity index (χ1n) is 11.7. The van der Waals surface area contributed by atoms with Crippen molar-refractivity contribution in [2.75, 3.05) is 0 Å². The van der Waals surface area contributed by atoms with E-state index in [0.717, 1.165) is 33.6 Å². The highest BCUT2D eigenvalue weighted by atomic mass is 16.5. The van der Waals surface area contributed by atoms with Gasteiger partial charge in [-0.2, -0.15) is 5.10 Å². The molecule has 7 rings (SSSR count). The lowest BCUT2D eigenvalue weighted by molar-refractivity contribution is 0.402. The van der Waals surface area contributed by atoms with E-state index < -0.39 is 0 Å². The van der Waals surface area contributed by atoms with Crippen molar-refractivity contribution in [2.24, 2.45) is 0 Å². The number of ether oxygens (including phenoxy) is 1. The summed E-state index contributed by atoms with van der Waals surface area (Å²) in [6.07, 6.45) is 5.31. The van der Waals surface area contributed by atoms with Crippen LogP contribution in [0.4, 0.5) is 0 Å². The van der Waals surface area contributed by atoms with Crippen LogP contribution in [-0.4, -0.2) is 34.3 Å². The van der Waals surface area contributed by atoms with Crippen molar-refractivity contribution in [1.29, 1.82) is 0 Å². The third-order valence-corrected chi connectivity index (χ3v) is 6.55. The number of pyridine rings is 1. The molecule has 0 fully saturated rings. The standard InChI is InChI=1S/C28H21N7O/c1-17-10-12-19(13-11-17)25-31-26-24-23(20-7-6-14-29-15-20)22-18(2)32-35(21-8-4-3-5-9-21)28(22)36-27(24)30-16-34(26)33-25/h3-16,23H,1-2H3. The predicted octanol–water partition coefficient (Wildman–Crippen LogP) is 5.27. The second kappa shape index (κ2) is 7.84. The van der Waals surface area contributed by atoms with Crippen LogP contribution in [0.3, 0.4) is 0 Å². The molecule has 0 aliphatic carbocycles. The van der Waals surface area contributed by atoms with Gasteiger partial charge in [0.25, 0.3) is 0 Å². The summed E-state index contributed by atoms with van der Waals surface area (Å²) in [5, 5.41) is 9.59. The van der Waals surface area contributed by atoms with E-state index in [9.17, 15) is 0 Å². The smallest absolute Gasteiger partial charge is 0.230 e. The van der Waals surface area contributed by atoms with Gasteiger partial charge >= 0.3 is 0 Å². The summed E-state index contributed by atoms with van der Waals surface area (Å²) in [5.74, 6) is 1.55. The summed E-state index contributed by atoms with van der Waals surface area (Å²) < 4.78 is 10.0. The van der Waals surface area contributed by atoms with Gasteiger partial charge in [0.05, 0.1) is 28.4 Å². The molecular weight excluding hydrogens is 450 g/mol. The van der Waals surface area contributed by atoms with Gasteiger partial charge in [-0.3, -0.25) is 4.98 Å². The number of hydrogen-bond donors (Lipinski definition) is 0. The van der Waals surface area contributed by atoms with Crippen LogP contribution in [0.15, 0.2) is 85.5 Å². The van der Waals surface area contributed by atoms with Crippen LogP contribution in [0, 0.1) is 13.8 Å². The molecule has 1 aliphatic heterocycles. The first kappa shape index (κ1) is 20.5. The maximum Gasteiger partial charge on any atom is 0.230 e. The molecule has 0 radical (unpaired) electrons. The number of nitrogens with zero attached hydrogens (tertiary/aromatic N) is 7. The van der Waals surface area contributed by atoms with Gasteiger partial charge in [-0.1, -0.05) is 54.1 Å². The Kier molecular flexibility index (Phi) is 4.47. The van der Waals surface area contributed by atoms with E-state index in [2.05, 4.69) is 35.1 Å². The zero-order chi connectivity index (χ0) is 24.2. The SMILES string of the molecule is Cc1ccc(-c2nc3c4c(ncn3n2)Oc2c(c(C)nn2-c2ccccc2)C4c2cccnc2)cc1. The molecule has 1 unspecified atom stereocenters. The lowest BCUT2D eigenvalue weighted by Gasteiger charge is -2.26. The number of rotatable bonds is 3. The van der Waals surface area contributed by atoms with E-state index in [4.69, 9.17) is 19.9 Å². The molecule has 5 heterocycles. The number of hydrogen-bond acceptors (Lipinski definition) is 6. The van der Waals surface area contributed by atoms with Crippen LogP contribution in [0.5, 0.6) is 11.8 Å². The third-order valence-electron chi connectivity index (χ3n) is 6.55. The van der Waals surface area contributed by atoms with Crippen LogP contribution in [0.2, 0.25) is 0 Å². The molecule has 0 amide bonds. The molecule has 6 aromatic rings. The van der Waals surface area contributed by atoms with Crippen molar-refractivity contribution < 1.29 is 4.74 Å². The summed E-state index contributed by atoms with van der Waals surface area (Å²) in [5.41, 5.74) is 7.44. The summed E-state index contributed by atoms with van der Waals surface area (Å²) in [6, 6.07) is 22.2. The van der Waals surface area contributed by atoms with E-state index in [1.807, 2.05) is 66.3 Å². The normalized spacial score (nSPS) is 14.3. The van der Waals surface area contributed by atoms with E-state index in [1.54, 1.807) is 17.0 Å². The molecule has 1 aliphatic rings. The Labute approximate surface area is 206 Å². The van der Waals surface area contributed by atoms with Crippen molar-refractivity contribution in [3.63, 3.8) is 0 Å². The van der Waals surface area contributed by atoms with Gasteiger partial charge in [0.2, 0.25) is 11.8 Å². The van der Waals surface area contributed by atoms with Crippen LogP contribution in [0.1, 0.15) is 33.9 Å². The van der Waals surface area contributed by atoms with E-state index in [-0.39, 0.29) is 5.92 Å². The number of aryl methyl sites for hydroxylation is 2. The summed E-state index contributed by atoms with van der Waals surface area (Å²) in [4.78, 5) is 14.0. The zero-order valence-corrected chi connectivity index (χ0v) is 19.7. The monoisotopic (exact) mass is 471 g/mol. The Hall–Kier alpha value is -4.85. The molecule has 174 valence electrons. The Bertz CT molecular complexity index is 1720. The molecule has 0 saturated heterocycles. The van der Waals surface area contributed by atoms with Crippen molar-refractivity contribution in [2.45, 2.75) is 19.8 Å². The fraction of sp³-hybridized carbons (Fsp3) is 0.107. The van der Waals surface area contributed by atoms with Crippen LogP contribution < -0.4 is 4.74 Å². The first-order valence-corrected chi connectivity index (χ1v) is 11.7. The topological polar surface area (TPSA) is 83.0 Å². The van der Waals surface area contributed by atoms with Crippen LogP contribution >= 0.6 is 0 Å². The highest BCUT2D eigenvalue weighted by Gasteiger charge is 2.38. The number of para-hydroxylation sites is 1. The Morgan fingerprint density at radius 3 is 2.47 bits per heavy atom. The fourth-order valence-electron chi connectivity index (χ4n) is 4.83. The van der Waals surface area contributed by atoms with Crippen molar-refractivity contribution in [1.82, 2.24) is 34.3 Å². The quantitative estimate of drug-likeness (QED) is 0.349. The molecule has 2 aromatic carbocycles. The minimum atomic E-state index is -0.221. The fourth-order valence-corrected chi connectivity index (χ4v) is 4.83. The summed E-state index contributed by atoms with van der Waals surface area (Å²) >= 11 is 0. The second-order valence-corrected chi connectivity index (χ2v) is 8.91. The van der Waals surface area contributed by atoms with Gasteiger partial charge in [0.15, 0.2) is 11.5 Å². The zero-order valence-electron chi connectivity index (χ0n) is 19.7. The van der Waals surface area contributed by atoms with Gasteiger partial charge in [0.1, 0.15) is 6.33 Å². The van der Waals surface area contributed by atoms with Crippen LogP contribution in [0.25, 0.3) is 22.7 Å². The van der Waals surface area contributed by atoms with Crippen molar-refractivity contribution >= 4 is 5.65 Å². The minimum absolute atomic E-state index is 0.221. The molecule has 1 atom stereocenters. The van der Waals surface area contributed by atoms with E-state index >= 15 is 0 Å². The predicted molar refractivity (Wildman–Crippen MR) is 135 cm³/mol. The largest absolute Gasteiger partial charge is 0.420 e. The first-order chi connectivity index (χ1) is 17.7. The molecule has 8 nitrogen and oxygen atoms in total. The molecular formula is C28H21N7O. The maximum absolute atomic E-state index is 6.46. The average molecular weight is 472 g/mol. The van der Waals surface area contributed by atoms with Gasteiger partial charge < -0.3 is 4.74 Å².